The van der Waals surface area contributed by atoms with E-state index in [1.807, 2.05) is 36.0 Å². The molecule has 0 amide bonds. The van der Waals surface area contributed by atoms with E-state index in [-0.39, 0.29) is 0 Å². The lowest BCUT2D eigenvalue weighted by atomic mass is 10.1. The average molecular weight is 296 g/mol. The molecule has 18 heavy (non-hydrogen) atoms. The van der Waals surface area contributed by atoms with E-state index in [1.54, 1.807) is 27.4 Å². The Kier molecular flexibility index (Phi) is 2.89. The summed E-state index contributed by atoms with van der Waals surface area (Å²) in [5.74, 6) is 0.664. The number of rotatable bonds is 2. The fourth-order valence-corrected chi connectivity index (χ4v) is 3.74. The zero-order valence-corrected chi connectivity index (χ0v) is 11.9. The first-order valence-electron chi connectivity index (χ1n) is 5.28. The van der Waals surface area contributed by atoms with E-state index in [4.69, 9.17) is 17.3 Å². The van der Waals surface area contributed by atoms with Crippen molar-refractivity contribution in [3.63, 3.8) is 0 Å². The molecule has 3 heterocycles. The summed E-state index contributed by atoms with van der Waals surface area (Å²) in [5.41, 5.74) is 7.95. The molecule has 3 nitrogen and oxygen atoms in total. The molecule has 2 N–H and O–H groups in total. The van der Waals surface area contributed by atoms with Crippen LogP contribution in [0.15, 0.2) is 29.0 Å². The maximum Gasteiger partial charge on any atom is 0.130 e. The molecular weight excluding hydrogens is 286 g/mol. The number of thiophene rings is 2. The average Bonchev–Trinajstić information content (AvgIpc) is 3.02. The second-order valence-corrected chi connectivity index (χ2v) is 6.08. The predicted molar refractivity (Wildman–Crippen MR) is 79.3 cm³/mol. The van der Waals surface area contributed by atoms with Gasteiger partial charge in [0.05, 0.1) is 15.5 Å². The molecule has 0 spiro atoms. The molecule has 6 heteroatoms. The highest BCUT2D eigenvalue weighted by Crippen LogP contribution is 2.42. The molecule has 0 radical (unpaired) electrons. The van der Waals surface area contributed by atoms with Crippen molar-refractivity contribution in [1.29, 1.82) is 0 Å². The van der Waals surface area contributed by atoms with Gasteiger partial charge in [0.15, 0.2) is 0 Å². The first-order valence-corrected chi connectivity index (χ1v) is 7.42. The molecule has 3 aromatic heterocycles. The molecule has 0 fully saturated rings. The molecule has 0 unspecified atom stereocenters. The van der Waals surface area contributed by atoms with Crippen molar-refractivity contribution in [3.05, 3.63) is 34.0 Å². The number of nitrogens with zero attached hydrogens (tertiary/aromatic N) is 2. The first kappa shape index (κ1) is 11.8. The van der Waals surface area contributed by atoms with Gasteiger partial charge in [-0.3, -0.25) is 4.68 Å². The third-order valence-electron chi connectivity index (χ3n) is 2.69. The molecule has 0 aliphatic heterocycles. The van der Waals surface area contributed by atoms with Crippen molar-refractivity contribution in [2.75, 3.05) is 5.73 Å². The van der Waals surface area contributed by atoms with Crippen LogP contribution in [-0.4, -0.2) is 9.78 Å². The lowest BCUT2D eigenvalue weighted by molar-refractivity contribution is 0.783. The molecule has 0 atom stereocenters. The van der Waals surface area contributed by atoms with E-state index in [2.05, 4.69) is 5.10 Å². The van der Waals surface area contributed by atoms with Gasteiger partial charge in [0.25, 0.3) is 0 Å². The smallest absolute Gasteiger partial charge is 0.130 e. The van der Waals surface area contributed by atoms with E-state index in [0.29, 0.717) is 5.82 Å². The Morgan fingerprint density at radius 2 is 2.11 bits per heavy atom. The Hall–Kier alpha value is -1.30. The van der Waals surface area contributed by atoms with Gasteiger partial charge in [-0.2, -0.15) is 5.10 Å². The summed E-state index contributed by atoms with van der Waals surface area (Å²) in [6.45, 7) is 0. The second-order valence-electron chi connectivity index (χ2n) is 3.81. The fraction of sp³-hybridized carbons (Fsp3) is 0.0833. The topological polar surface area (TPSA) is 43.8 Å². The number of aromatic nitrogens is 2. The van der Waals surface area contributed by atoms with Crippen molar-refractivity contribution in [1.82, 2.24) is 9.78 Å². The van der Waals surface area contributed by atoms with Crippen LogP contribution in [-0.2, 0) is 7.05 Å². The second kappa shape index (κ2) is 4.42. The predicted octanol–water partition coefficient (Wildman–Crippen LogP) is 4.11. The third kappa shape index (κ3) is 1.75. The molecule has 3 aromatic rings. The van der Waals surface area contributed by atoms with Crippen LogP contribution in [0.25, 0.3) is 21.0 Å². The highest BCUT2D eigenvalue weighted by atomic mass is 35.5. The molecule has 3 rings (SSSR count). The van der Waals surface area contributed by atoms with Crippen LogP contribution < -0.4 is 5.73 Å². The minimum absolute atomic E-state index is 0.664. The van der Waals surface area contributed by atoms with Gasteiger partial charge in [0, 0.05) is 11.9 Å². The summed E-state index contributed by atoms with van der Waals surface area (Å²) in [5, 5.41) is 9.20. The van der Waals surface area contributed by atoms with Gasteiger partial charge < -0.3 is 5.73 Å². The summed E-state index contributed by atoms with van der Waals surface area (Å²) in [7, 11) is 1.84. The van der Waals surface area contributed by atoms with Crippen LogP contribution in [0.2, 0.25) is 5.02 Å². The van der Waals surface area contributed by atoms with Gasteiger partial charge >= 0.3 is 0 Å². The molecule has 0 aromatic carbocycles. The Balaban J connectivity index is 2.28. The van der Waals surface area contributed by atoms with E-state index in [0.717, 1.165) is 26.0 Å². The summed E-state index contributed by atoms with van der Waals surface area (Å²) in [4.78, 5) is 2.08. The Morgan fingerprint density at radius 1 is 1.28 bits per heavy atom. The van der Waals surface area contributed by atoms with Crippen molar-refractivity contribution >= 4 is 40.1 Å². The monoisotopic (exact) mass is 295 g/mol. The summed E-state index contributed by atoms with van der Waals surface area (Å²) >= 11 is 9.42. The van der Waals surface area contributed by atoms with Crippen LogP contribution in [0.3, 0.4) is 0 Å². The van der Waals surface area contributed by atoms with Gasteiger partial charge in [-0.1, -0.05) is 17.7 Å². The summed E-state index contributed by atoms with van der Waals surface area (Å²) in [6.07, 6.45) is 0. The lowest BCUT2D eigenvalue weighted by Crippen LogP contribution is -1.97. The van der Waals surface area contributed by atoms with E-state index in [1.165, 1.54) is 0 Å². The Morgan fingerprint density at radius 3 is 2.72 bits per heavy atom. The number of hydrogen-bond donors (Lipinski definition) is 1. The summed E-state index contributed by atoms with van der Waals surface area (Å²) in [6, 6.07) is 5.93. The zero-order chi connectivity index (χ0) is 12.7. The number of anilines is 1. The van der Waals surface area contributed by atoms with Crippen LogP contribution in [0.1, 0.15) is 0 Å². The highest BCUT2D eigenvalue weighted by molar-refractivity contribution is 7.15. The Labute approximate surface area is 117 Å². The summed E-state index contributed by atoms with van der Waals surface area (Å²) < 4.78 is 1.69. The fourth-order valence-electron chi connectivity index (χ4n) is 1.82. The van der Waals surface area contributed by atoms with Crippen molar-refractivity contribution in [3.8, 4) is 21.0 Å². The number of aryl methyl sites for hydroxylation is 1. The molecule has 0 bridgehead atoms. The van der Waals surface area contributed by atoms with Crippen LogP contribution in [0, 0.1) is 0 Å². The largest absolute Gasteiger partial charge is 0.383 e. The molecular formula is C12H10ClN3S2. The first-order chi connectivity index (χ1) is 8.68. The van der Waals surface area contributed by atoms with E-state index < -0.39 is 0 Å². The van der Waals surface area contributed by atoms with Gasteiger partial charge in [0.1, 0.15) is 11.5 Å². The Bertz CT molecular complexity index is 682. The van der Waals surface area contributed by atoms with Crippen LogP contribution in [0.4, 0.5) is 5.82 Å². The standard InChI is InChI=1S/C12H10ClN3S2/c1-16-12(14)9(8-3-2-5-17-8)10(15-16)11-7(13)4-6-18-11/h2-6H,14H2,1H3. The molecule has 0 saturated carbocycles. The minimum Gasteiger partial charge on any atom is -0.383 e. The van der Waals surface area contributed by atoms with Gasteiger partial charge in [-0.05, 0) is 22.9 Å². The molecule has 0 aliphatic carbocycles. The zero-order valence-electron chi connectivity index (χ0n) is 9.55. The number of nitrogen functional groups attached to an aromatic ring is 1. The van der Waals surface area contributed by atoms with Gasteiger partial charge in [-0.25, -0.2) is 0 Å². The third-order valence-corrected chi connectivity index (χ3v) is 4.93. The van der Waals surface area contributed by atoms with Gasteiger partial charge in [-0.15, -0.1) is 22.7 Å². The highest BCUT2D eigenvalue weighted by Gasteiger charge is 2.20. The van der Waals surface area contributed by atoms with Crippen molar-refractivity contribution in [2.24, 2.45) is 7.05 Å². The lowest BCUT2D eigenvalue weighted by Gasteiger charge is -1.99. The minimum atomic E-state index is 0.664. The van der Waals surface area contributed by atoms with E-state index in [9.17, 15) is 0 Å². The molecule has 92 valence electrons. The maximum absolute atomic E-state index is 6.19. The normalized spacial score (nSPS) is 11.0. The van der Waals surface area contributed by atoms with Crippen LogP contribution >= 0.6 is 34.3 Å². The SMILES string of the molecule is Cn1nc(-c2sccc2Cl)c(-c2cccs2)c1N. The number of halogens is 1. The quantitative estimate of drug-likeness (QED) is 0.773. The molecule has 0 saturated heterocycles. The maximum atomic E-state index is 6.19. The van der Waals surface area contributed by atoms with Crippen LogP contribution in [0.5, 0.6) is 0 Å². The van der Waals surface area contributed by atoms with Crippen molar-refractivity contribution < 1.29 is 0 Å². The number of nitrogens with two attached hydrogens (primary N) is 1. The van der Waals surface area contributed by atoms with Gasteiger partial charge in [0.2, 0.25) is 0 Å². The number of hydrogen-bond acceptors (Lipinski definition) is 4. The van der Waals surface area contributed by atoms with E-state index >= 15 is 0 Å². The van der Waals surface area contributed by atoms with Crippen molar-refractivity contribution in [2.45, 2.75) is 0 Å². The molecule has 0 aliphatic rings.